The molecule has 8 heteroatoms. The Morgan fingerprint density at radius 1 is 1.50 bits per heavy atom. The maximum absolute atomic E-state index is 11.6. The zero-order chi connectivity index (χ0) is 16.7. The van der Waals surface area contributed by atoms with Crippen molar-refractivity contribution in [2.24, 2.45) is 10.7 Å². The molecule has 2 heterocycles. The molecular formula is C16H26IN5O2. The van der Waals surface area contributed by atoms with Crippen LogP contribution in [0.4, 0.5) is 4.79 Å². The number of nitrogens with zero attached hydrogens (tertiary/aromatic N) is 3. The summed E-state index contributed by atoms with van der Waals surface area (Å²) in [5.74, 6) is 0.421. The van der Waals surface area contributed by atoms with Crippen molar-refractivity contribution in [1.82, 2.24) is 15.2 Å². The van der Waals surface area contributed by atoms with Gasteiger partial charge in [0.05, 0.1) is 18.8 Å². The molecule has 1 saturated heterocycles. The van der Waals surface area contributed by atoms with Crippen LogP contribution < -0.4 is 11.1 Å². The molecule has 2 rings (SSSR count). The highest BCUT2D eigenvalue weighted by Gasteiger charge is 2.23. The van der Waals surface area contributed by atoms with Crippen LogP contribution in [0, 0.1) is 6.92 Å². The number of aryl methyl sites for hydroxylation is 1. The molecule has 1 aromatic heterocycles. The van der Waals surface area contributed by atoms with Crippen molar-refractivity contribution < 1.29 is 9.53 Å². The van der Waals surface area contributed by atoms with Crippen LogP contribution in [0.2, 0.25) is 0 Å². The van der Waals surface area contributed by atoms with E-state index in [1.165, 1.54) is 0 Å². The largest absolute Gasteiger partial charge is 0.450 e. The Labute approximate surface area is 160 Å². The minimum atomic E-state index is -0.238. The molecule has 0 saturated carbocycles. The number of pyridine rings is 1. The number of carbonyl (C=O) groups excluding carboxylic acids is 1. The maximum atomic E-state index is 11.6. The first-order chi connectivity index (χ1) is 11.1. The van der Waals surface area contributed by atoms with Crippen LogP contribution in [0.25, 0.3) is 0 Å². The van der Waals surface area contributed by atoms with Gasteiger partial charge in [0.15, 0.2) is 5.96 Å². The predicted octanol–water partition coefficient (Wildman–Crippen LogP) is 2.03. The van der Waals surface area contributed by atoms with E-state index in [4.69, 9.17) is 10.5 Å². The fraction of sp³-hybridized carbons (Fsp3) is 0.562. The molecule has 0 aliphatic carbocycles. The summed E-state index contributed by atoms with van der Waals surface area (Å²) in [6.07, 6.45) is 3.18. The van der Waals surface area contributed by atoms with Gasteiger partial charge >= 0.3 is 6.09 Å². The Morgan fingerprint density at radius 3 is 2.83 bits per heavy atom. The fourth-order valence-corrected chi connectivity index (χ4v) is 2.52. The van der Waals surface area contributed by atoms with E-state index in [9.17, 15) is 4.79 Å². The number of hydrogen-bond acceptors (Lipinski definition) is 4. The zero-order valence-corrected chi connectivity index (χ0v) is 16.5. The number of aromatic nitrogens is 1. The van der Waals surface area contributed by atoms with Gasteiger partial charge in [-0.05, 0) is 38.3 Å². The molecular weight excluding hydrogens is 421 g/mol. The first-order valence-corrected chi connectivity index (χ1v) is 7.98. The lowest BCUT2D eigenvalue weighted by Gasteiger charge is -2.31. The van der Waals surface area contributed by atoms with Crippen molar-refractivity contribution in [3.05, 3.63) is 29.6 Å². The fourth-order valence-electron chi connectivity index (χ4n) is 2.52. The molecule has 0 atom stereocenters. The van der Waals surface area contributed by atoms with Crippen molar-refractivity contribution in [1.29, 1.82) is 0 Å². The van der Waals surface area contributed by atoms with Gasteiger partial charge in [-0.2, -0.15) is 0 Å². The summed E-state index contributed by atoms with van der Waals surface area (Å²) in [5.41, 5.74) is 7.98. The molecule has 1 fully saturated rings. The Hall–Kier alpha value is -1.58. The van der Waals surface area contributed by atoms with Crippen molar-refractivity contribution in [3.8, 4) is 0 Å². The van der Waals surface area contributed by atoms with Gasteiger partial charge in [-0.15, -0.1) is 24.0 Å². The van der Waals surface area contributed by atoms with Crippen molar-refractivity contribution in [2.45, 2.75) is 39.3 Å². The molecule has 24 heavy (non-hydrogen) atoms. The highest BCUT2D eigenvalue weighted by Crippen LogP contribution is 2.11. The molecule has 0 unspecified atom stereocenters. The molecule has 7 nitrogen and oxygen atoms in total. The summed E-state index contributed by atoms with van der Waals surface area (Å²) in [6, 6.07) is 4.14. The average molecular weight is 447 g/mol. The van der Waals surface area contributed by atoms with Gasteiger partial charge in [0.25, 0.3) is 0 Å². The molecule has 0 aromatic carbocycles. The lowest BCUT2D eigenvalue weighted by atomic mass is 10.1. The Balaban J connectivity index is 0.00000288. The van der Waals surface area contributed by atoms with E-state index in [1.54, 1.807) is 11.1 Å². The van der Waals surface area contributed by atoms with Crippen LogP contribution in [-0.4, -0.2) is 47.7 Å². The van der Waals surface area contributed by atoms with Crippen molar-refractivity contribution >= 4 is 36.0 Å². The van der Waals surface area contributed by atoms with Crippen LogP contribution in [0.5, 0.6) is 0 Å². The standard InChI is InChI=1S/C16H25N5O2.HI/c1-3-23-16(22)21-9-6-13(7-10-21)20-15(17)19-11-14-12(2)5-4-8-18-14;/h4-5,8,13H,3,6-7,9-11H2,1-2H3,(H3,17,19,20);1H. The van der Waals surface area contributed by atoms with Crippen LogP contribution >= 0.6 is 24.0 Å². The number of nitrogens with two attached hydrogens (primary N) is 1. The molecule has 1 amide bonds. The van der Waals surface area contributed by atoms with Crippen LogP contribution in [0.3, 0.4) is 0 Å². The molecule has 0 bridgehead atoms. The number of nitrogens with one attached hydrogen (secondary N) is 1. The third kappa shape index (κ3) is 6.14. The number of piperidine rings is 1. The van der Waals surface area contributed by atoms with Gasteiger partial charge in [0.2, 0.25) is 0 Å². The molecule has 1 aliphatic heterocycles. The van der Waals surface area contributed by atoms with Crippen molar-refractivity contribution in [2.75, 3.05) is 19.7 Å². The number of amides is 1. The number of rotatable bonds is 4. The predicted molar refractivity (Wildman–Crippen MR) is 104 cm³/mol. The first-order valence-electron chi connectivity index (χ1n) is 7.98. The first kappa shape index (κ1) is 20.5. The summed E-state index contributed by atoms with van der Waals surface area (Å²) in [7, 11) is 0. The second-order valence-corrected chi connectivity index (χ2v) is 5.57. The van der Waals surface area contributed by atoms with Gasteiger partial charge in [-0.3, -0.25) is 4.98 Å². The highest BCUT2D eigenvalue weighted by atomic mass is 127. The molecule has 0 radical (unpaired) electrons. The molecule has 1 aromatic rings. The van der Waals surface area contributed by atoms with Crippen molar-refractivity contribution in [3.63, 3.8) is 0 Å². The number of carbonyl (C=O) groups is 1. The van der Waals surface area contributed by atoms with Crippen LogP contribution in [-0.2, 0) is 11.3 Å². The summed E-state index contributed by atoms with van der Waals surface area (Å²) in [6.45, 7) is 6.03. The highest BCUT2D eigenvalue weighted by molar-refractivity contribution is 14.0. The smallest absolute Gasteiger partial charge is 0.409 e. The SMILES string of the molecule is CCOC(=O)N1CCC(NC(N)=NCc2ncccc2C)CC1.I. The molecule has 0 spiro atoms. The van der Waals surface area contributed by atoms with E-state index < -0.39 is 0 Å². The zero-order valence-electron chi connectivity index (χ0n) is 14.2. The number of hydrogen-bond donors (Lipinski definition) is 2. The Bertz CT molecular complexity index is 559. The number of halogens is 1. The van der Waals surface area contributed by atoms with Gasteiger partial charge < -0.3 is 20.7 Å². The third-order valence-electron chi connectivity index (χ3n) is 3.89. The minimum Gasteiger partial charge on any atom is -0.450 e. The topological polar surface area (TPSA) is 92.8 Å². The summed E-state index contributed by atoms with van der Waals surface area (Å²) in [4.78, 5) is 22.0. The van der Waals surface area contributed by atoms with E-state index in [1.807, 2.05) is 26.0 Å². The summed E-state index contributed by atoms with van der Waals surface area (Å²) < 4.78 is 5.01. The van der Waals surface area contributed by atoms with E-state index >= 15 is 0 Å². The van der Waals surface area contributed by atoms with E-state index in [0.717, 1.165) is 24.1 Å². The summed E-state index contributed by atoms with van der Waals surface area (Å²) >= 11 is 0. The third-order valence-corrected chi connectivity index (χ3v) is 3.89. The van der Waals surface area contributed by atoms with Gasteiger partial charge in [-0.25, -0.2) is 9.79 Å². The van der Waals surface area contributed by atoms with Crippen LogP contribution in [0.15, 0.2) is 23.3 Å². The Morgan fingerprint density at radius 2 is 2.21 bits per heavy atom. The van der Waals surface area contributed by atoms with Gasteiger partial charge in [-0.1, -0.05) is 6.07 Å². The number of guanidine groups is 1. The monoisotopic (exact) mass is 447 g/mol. The number of ether oxygens (including phenoxy) is 1. The quantitative estimate of drug-likeness (QED) is 0.419. The van der Waals surface area contributed by atoms with Gasteiger partial charge in [0.1, 0.15) is 0 Å². The van der Waals surface area contributed by atoms with Gasteiger partial charge in [0, 0.05) is 25.3 Å². The lowest BCUT2D eigenvalue weighted by molar-refractivity contribution is 0.0963. The minimum absolute atomic E-state index is 0. The average Bonchev–Trinajstić information content (AvgIpc) is 2.55. The van der Waals surface area contributed by atoms with E-state index in [0.29, 0.717) is 32.2 Å². The molecule has 3 N–H and O–H groups in total. The Kier molecular flexibility index (Phi) is 8.80. The van der Waals surface area contributed by atoms with E-state index in [2.05, 4.69) is 15.3 Å². The summed E-state index contributed by atoms with van der Waals surface area (Å²) in [5, 5.41) is 3.22. The maximum Gasteiger partial charge on any atom is 0.409 e. The molecule has 134 valence electrons. The second kappa shape index (κ2) is 10.3. The second-order valence-electron chi connectivity index (χ2n) is 5.57. The normalized spacial score (nSPS) is 15.6. The lowest BCUT2D eigenvalue weighted by Crippen LogP contribution is -2.48. The van der Waals surface area contributed by atoms with E-state index in [-0.39, 0.29) is 36.1 Å². The number of aliphatic imine (C=N–C) groups is 1. The van der Waals surface area contributed by atoms with Crippen LogP contribution in [0.1, 0.15) is 31.0 Å². The number of likely N-dealkylation sites (tertiary alicyclic amines) is 1. The molecule has 1 aliphatic rings.